The van der Waals surface area contributed by atoms with E-state index in [4.69, 9.17) is 10.5 Å². The predicted molar refractivity (Wildman–Crippen MR) is 95.9 cm³/mol. The Balaban J connectivity index is 0.00000264. The van der Waals surface area contributed by atoms with Crippen LogP contribution < -0.4 is 11.1 Å². The van der Waals surface area contributed by atoms with Gasteiger partial charge in [0.15, 0.2) is 0 Å². The van der Waals surface area contributed by atoms with Crippen molar-refractivity contribution in [3.05, 3.63) is 35.9 Å². The molecule has 1 aromatic carbocycles. The summed E-state index contributed by atoms with van der Waals surface area (Å²) < 4.78 is 5.30. The summed E-state index contributed by atoms with van der Waals surface area (Å²) >= 11 is 0. The van der Waals surface area contributed by atoms with Crippen molar-refractivity contribution in [3.8, 4) is 0 Å². The SMILES string of the molecule is CC(CC(C)(C)c1ccccc1)NC(=O)C1(N)CCOCC1.Cl. The molecular weight excluding hydrogens is 312 g/mol. The van der Waals surface area contributed by atoms with E-state index in [0.29, 0.717) is 26.1 Å². The first-order valence-electron chi connectivity index (χ1n) is 8.07. The molecule has 1 unspecified atom stereocenters. The van der Waals surface area contributed by atoms with Crippen LogP contribution in [0.2, 0.25) is 0 Å². The van der Waals surface area contributed by atoms with Gasteiger partial charge in [0.2, 0.25) is 5.91 Å². The Morgan fingerprint density at radius 3 is 2.43 bits per heavy atom. The third-order valence-electron chi connectivity index (χ3n) is 4.59. The lowest BCUT2D eigenvalue weighted by Gasteiger charge is -2.35. The number of hydrogen-bond acceptors (Lipinski definition) is 3. The van der Waals surface area contributed by atoms with Crippen molar-refractivity contribution in [2.45, 2.75) is 57.0 Å². The molecule has 130 valence electrons. The second-order valence-electron chi connectivity index (χ2n) is 7.10. The maximum Gasteiger partial charge on any atom is 0.240 e. The summed E-state index contributed by atoms with van der Waals surface area (Å²) in [7, 11) is 0. The van der Waals surface area contributed by atoms with Gasteiger partial charge in [-0.3, -0.25) is 4.79 Å². The quantitative estimate of drug-likeness (QED) is 0.866. The molecule has 1 fully saturated rings. The van der Waals surface area contributed by atoms with Crippen molar-refractivity contribution in [2.75, 3.05) is 13.2 Å². The second-order valence-corrected chi connectivity index (χ2v) is 7.10. The molecule has 1 amide bonds. The van der Waals surface area contributed by atoms with Gasteiger partial charge in [-0.25, -0.2) is 0 Å². The van der Waals surface area contributed by atoms with Gasteiger partial charge in [0.05, 0.1) is 5.54 Å². The summed E-state index contributed by atoms with van der Waals surface area (Å²) in [5.74, 6) is -0.0489. The van der Waals surface area contributed by atoms with E-state index in [0.717, 1.165) is 6.42 Å². The van der Waals surface area contributed by atoms with Crippen LogP contribution in [0.4, 0.5) is 0 Å². The molecule has 0 radical (unpaired) electrons. The van der Waals surface area contributed by atoms with Gasteiger partial charge < -0.3 is 15.8 Å². The Kier molecular flexibility index (Phi) is 7.05. The Morgan fingerprint density at radius 1 is 1.30 bits per heavy atom. The standard InChI is InChI=1S/C18H28N2O2.ClH/c1-14(13-17(2,3)15-7-5-4-6-8-15)20-16(21)18(19)9-11-22-12-10-18;/h4-8,14H,9-13,19H2,1-3H3,(H,20,21);1H. The molecule has 4 nitrogen and oxygen atoms in total. The first-order chi connectivity index (χ1) is 10.3. The van der Waals surface area contributed by atoms with Gasteiger partial charge >= 0.3 is 0 Å². The highest BCUT2D eigenvalue weighted by molar-refractivity contribution is 5.86. The molecule has 1 aromatic rings. The highest BCUT2D eigenvalue weighted by Gasteiger charge is 2.37. The maximum absolute atomic E-state index is 12.5. The van der Waals surface area contributed by atoms with Crippen molar-refractivity contribution in [2.24, 2.45) is 5.73 Å². The Hall–Kier alpha value is -1.10. The van der Waals surface area contributed by atoms with Crippen LogP contribution in [0.1, 0.15) is 45.6 Å². The summed E-state index contributed by atoms with van der Waals surface area (Å²) in [6.45, 7) is 7.59. The minimum absolute atomic E-state index is 0. The molecule has 1 aliphatic heterocycles. The van der Waals surface area contributed by atoms with Crippen LogP contribution in [0.15, 0.2) is 30.3 Å². The molecule has 1 atom stereocenters. The Labute approximate surface area is 145 Å². The fraction of sp³-hybridized carbons (Fsp3) is 0.611. The average Bonchev–Trinajstić information content (AvgIpc) is 2.48. The lowest BCUT2D eigenvalue weighted by molar-refractivity contribution is -0.130. The highest BCUT2D eigenvalue weighted by atomic mass is 35.5. The largest absolute Gasteiger partial charge is 0.381 e. The Morgan fingerprint density at radius 2 is 1.87 bits per heavy atom. The first kappa shape index (κ1) is 19.9. The molecule has 5 heteroatoms. The molecule has 0 saturated carbocycles. The number of benzene rings is 1. The van der Waals surface area contributed by atoms with Gasteiger partial charge in [-0.05, 0) is 37.2 Å². The minimum atomic E-state index is -0.774. The van der Waals surface area contributed by atoms with Crippen LogP contribution in [-0.4, -0.2) is 30.7 Å². The van der Waals surface area contributed by atoms with Gasteiger partial charge in [-0.2, -0.15) is 0 Å². The minimum Gasteiger partial charge on any atom is -0.381 e. The fourth-order valence-corrected chi connectivity index (χ4v) is 3.15. The average molecular weight is 341 g/mol. The molecule has 0 spiro atoms. The summed E-state index contributed by atoms with van der Waals surface area (Å²) in [5, 5.41) is 3.10. The van der Waals surface area contributed by atoms with Gasteiger partial charge in [0.1, 0.15) is 0 Å². The lowest BCUT2D eigenvalue weighted by atomic mass is 9.79. The Bertz CT molecular complexity index is 499. The third kappa shape index (κ3) is 5.20. The smallest absolute Gasteiger partial charge is 0.240 e. The molecule has 1 saturated heterocycles. The number of halogens is 1. The van der Waals surface area contributed by atoms with Crippen LogP contribution in [0.5, 0.6) is 0 Å². The number of rotatable bonds is 5. The van der Waals surface area contributed by atoms with E-state index in [2.05, 4.69) is 43.4 Å². The molecule has 3 N–H and O–H groups in total. The molecular formula is C18H29ClN2O2. The highest BCUT2D eigenvalue weighted by Crippen LogP contribution is 2.28. The van der Waals surface area contributed by atoms with Crippen molar-refractivity contribution in [1.82, 2.24) is 5.32 Å². The number of nitrogens with two attached hydrogens (primary N) is 1. The summed E-state index contributed by atoms with van der Waals surface area (Å²) in [5.41, 5.74) is 6.75. The number of amides is 1. The fourth-order valence-electron chi connectivity index (χ4n) is 3.15. The number of hydrogen-bond donors (Lipinski definition) is 2. The first-order valence-corrected chi connectivity index (χ1v) is 8.07. The number of carbonyl (C=O) groups is 1. The van der Waals surface area contributed by atoms with Crippen molar-refractivity contribution in [1.29, 1.82) is 0 Å². The van der Waals surface area contributed by atoms with Crippen LogP contribution in [0.3, 0.4) is 0 Å². The number of carbonyl (C=O) groups excluding carboxylic acids is 1. The predicted octanol–water partition coefficient (Wildman–Crippen LogP) is 2.79. The number of nitrogens with one attached hydrogen (secondary N) is 1. The molecule has 1 aliphatic rings. The van der Waals surface area contributed by atoms with E-state index in [-0.39, 0.29) is 29.8 Å². The molecule has 0 aliphatic carbocycles. The van der Waals surface area contributed by atoms with Crippen LogP contribution >= 0.6 is 12.4 Å². The molecule has 0 aromatic heterocycles. The van der Waals surface area contributed by atoms with Crippen LogP contribution in [0.25, 0.3) is 0 Å². The van der Waals surface area contributed by atoms with Gasteiger partial charge in [-0.1, -0.05) is 44.2 Å². The van der Waals surface area contributed by atoms with Gasteiger partial charge in [-0.15, -0.1) is 12.4 Å². The van der Waals surface area contributed by atoms with E-state index in [9.17, 15) is 4.79 Å². The zero-order valence-corrected chi connectivity index (χ0v) is 15.1. The third-order valence-corrected chi connectivity index (χ3v) is 4.59. The number of ether oxygens (including phenoxy) is 1. The van der Waals surface area contributed by atoms with E-state index in [1.54, 1.807) is 0 Å². The van der Waals surface area contributed by atoms with Crippen molar-refractivity contribution in [3.63, 3.8) is 0 Å². The summed E-state index contributed by atoms with van der Waals surface area (Å²) in [4.78, 5) is 12.5. The molecule has 2 rings (SSSR count). The molecule has 23 heavy (non-hydrogen) atoms. The topological polar surface area (TPSA) is 64.4 Å². The van der Waals surface area contributed by atoms with Crippen molar-refractivity contribution >= 4 is 18.3 Å². The van der Waals surface area contributed by atoms with Crippen LogP contribution in [-0.2, 0) is 14.9 Å². The van der Waals surface area contributed by atoms with E-state index >= 15 is 0 Å². The summed E-state index contributed by atoms with van der Waals surface area (Å²) in [6.07, 6.45) is 2.05. The van der Waals surface area contributed by atoms with E-state index in [1.807, 2.05) is 13.0 Å². The maximum atomic E-state index is 12.5. The van der Waals surface area contributed by atoms with Gasteiger partial charge in [0, 0.05) is 19.3 Å². The summed E-state index contributed by atoms with van der Waals surface area (Å²) in [6, 6.07) is 10.5. The lowest BCUT2D eigenvalue weighted by Crippen LogP contribution is -2.58. The van der Waals surface area contributed by atoms with Crippen molar-refractivity contribution < 1.29 is 9.53 Å². The monoisotopic (exact) mass is 340 g/mol. The van der Waals surface area contributed by atoms with E-state index in [1.165, 1.54) is 5.56 Å². The van der Waals surface area contributed by atoms with Gasteiger partial charge in [0.25, 0.3) is 0 Å². The second kappa shape index (κ2) is 8.13. The van der Waals surface area contributed by atoms with E-state index < -0.39 is 5.54 Å². The normalized spacial score (nSPS) is 18.6. The zero-order chi connectivity index (χ0) is 16.2. The van der Waals surface area contributed by atoms with Crippen LogP contribution in [0, 0.1) is 0 Å². The molecule has 1 heterocycles. The molecule has 0 bridgehead atoms. The zero-order valence-electron chi connectivity index (χ0n) is 14.3.